The maximum absolute atomic E-state index is 12.6. The van der Waals surface area contributed by atoms with E-state index in [0.29, 0.717) is 0 Å². The number of halogens is 6. The van der Waals surface area contributed by atoms with Gasteiger partial charge < -0.3 is 9.47 Å². The van der Waals surface area contributed by atoms with E-state index in [1.165, 1.54) is 34.6 Å². The van der Waals surface area contributed by atoms with E-state index in [1.807, 2.05) is 0 Å². The summed E-state index contributed by atoms with van der Waals surface area (Å²) in [6, 6.07) is 0. The van der Waals surface area contributed by atoms with E-state index in [4.69, 9.17) is 4.74 Å². The third kappa shape index (κ3) is 11.6. The smallest absolute Gasteiger partial charge is 0.404 e. The number of hydrogen-bond donors (Lipinski definition) is 0. The first-order chi connectivity index (χ1) is 11.7. The zero-order valence-electron chi connectivity index (χ0n) is 16.8. The summed E-state index contributed by atoms with van der Waals surface area (Å²) in [6.45, 7) is 8.92. The fourth-order valence-corrected chi connectivity index (χ4v) is 1.54. The van der Waals surface area contributed by atoms with Crippen LogP contribution in [0.5, 0.6) is 0 Å². The topological polar surface area (TPSA) is 52.6 Å². The Bertz CT molecular complexity index is 509. The number of methoxy groups -OCH3 is 1. The van der Waals surface area contributed by atoms with Crippen molar-refractivity contribution in [3.8, 4) is 0 Å². The molecule has 0 saturated carbocycles. The molecule has 2 unspecified atom stereocenters. The summed E-state index contributed by atoms with van der Waals surface area (Å²) in [5.74, 6) is -2.46. The van der Waals surface area contributed by atoms with Crippen LogP contribution in [0.25, 0.3) is 0 Å². The van der Waals surface area contributed by atoms with Gasteiger partial charge in [-0.1, -0.05) is 43.6 Å². The van der Waals surface area contributed by atoms with Crippen molar-refractivity contribution >= 4 is 11.9 Å². The molecule has 0 rings (SSSR count). The largest absolute Gasteiger partial charge is 0.468 e. The highest BCUT2D eigenvalue weighted by Gasteiger charge is 2.57. The Hall–Kier alpha value is -1.48. The summed E-state index contributed by atoms with van der Waals surface area (Å²) in [6.07, 6.45) is -9.77. The standard InChI is InChI=1S/C10H17F3O2.C7H11F3O2.4CH4/c1-6-9(5,10(11,12)13)7(14)15-8(2,3)4;1-4-6(2,5(11)12-3)7(8,9)10;;;;/h6H2,1-5H3;4H2,1-3H3;4*1H4. The lowest BCUT2D eigenvalue weighted by molar-refractivity contribution is -0.236. The highest BCUT2D eigenvalue weighted by atomic mass is 19.4. The normalized spacial score (nSPS) is 14.8. The first-order valence-corrected chi connectivity index (χ1v) is 8.18. The molecule has 0 aliphatic carbocycles. The van der Waals surface area contributed by atoms with E-state index >= 15 is 0 Å². The molecule has 0 amide bonds. The Morgan fingerprint density at radius 2 is 0.903 bits per heavy atom. The molecule has 0 aromatic carbocycles. The maximum atomic E-state index is 12.6. The van der Waals surface area contributed by atoms with Crippen molar-refractivity contribution in [3.05, 3.63) is 0 Å². The molecule has 0 spiro atoms. The van der Waals surface area contributed by atoms with Gasteiger partial charge in [0.05, 0.1) is 7.11 Å². The van der Waals surface area contributed by atoms with E-state index in [0.717, 1.165) is 21.0 Å². The van der Waals surface area contributed by atoms with Crippen LogP contribution in [-0.2, 0) is 19.1 Å². The highest BCUT2D eigenvalue weighted by molar-refractivity contribution is 5.78. The molecule has 4 nitrogen and oxygen atoms in total. The van der Waals surface area contributed by atoms with Crippen molar-refractivity contribution in [2.24, 2.45) is 10.8 Å². The van der Waals surface area contributed by atoms with Gasteiger partial charge in [-0.15, -0.1) is 0 Å². The first-order valence-electron chi connectivity index (χ1n) is 8.18. The SMILES string of the molecule is C.C.C.C.CCC(C)(C(=O)OC(C)(C)C)C(F)(F)F.CCC(C)(C(=O)OC)C(F)(F)F. The number of hydrogen-bond acceptors (Lipinski definition) is 4. The van der Waals surface area contributed by atoms with Gasteiger partial charge in [0.2, 0.25) is 0 Å². The predicted molar refractivity (Wildman–Crippen MR) is 114 cm³/mol. The van der Waals surface area contributed by atoms with Crippen LogP contribution < -0.4 is 0 Å². The van der Waals surface area contributed by atoms with Crippen molar-refractivity contribution in [2.45, 2.75) is 109 Å². The lowest BCUT2D eigenvalue weighted by Gasteiger charge is -2.32. The average Bonchev–Trinajstić information content (AvgIpc) is 2.48. The lowest BCUT2D eigenvalue weighted by Crippen LogP contribution is -2.45. The molecule has 31 heavy (non-hydrogen) atoms. The van der Waals surface area contributed by atoms with Gasteiger partial charge in [0.25, 0.3) is 0 Å². The van der Waals surface area contributed by atoms with Gasteiger partial charge in [-0.25, -0.2) is 0 Å². The predicted octanol–water partition coefficient (Wildman–Crippen LogP) is 7.99. The summed E-state index contributed by atoms with van der Waals surface area (Å²) in [4.78, 5) is 22.2. The molecule has 0 radical (unpaired) electrons. The molecule has 0 aliphatic heterocycles. The van der Waals surface area contributed by atoms with Crippen molar-refractivity contribution in [1.82, 2.24) is 0 Å². The fourth-order valence-electron chi connectivity index (χ4n) is 1.54. The van der Waals surface area contributed by atoms with Gasteiger partial charge in [0, 0.05) is 0 Å². The molecule has 2 atom stereocenters. The molecule has 0 aromatic heterocycles. The number of carbonyl (C=O) groups excluding carboxylic acids is 2. The molecule has 10 heteroatoms. The summed E-state index contributed by atoms with van der Waals surface area (Å²) in [7, 11) is 0.946. The minimum atomic E-state index is -4.58. The maximum Gasteiger partial charge on any atom is 0.404 e. The van der Waals surface area contributed by atoms with Crippen LogP contribution >= 0.6 is 0 Å². The Morgan fingerprint density at radius 1 is 0.645 bits per heavy atom. The van der Waals surface area contributed by atoms with E-state index in [9.17, 15) is 35.9 Å². The fraction of sp³-hybridized carbons (Fsp3) is 0.905. The molecule has 0 fully saturated rings. The molecule has 0 N–H and O–H groups in total. The van der Waals surface area contributed by atoms with Crippen molar-refractivity contribution in [2.75, 3.05) is 7.11 Å². The van der Waals surface area contributed by atoms with Gasteiger partial charge >= 0.3 is 24.3 Å². The second kappa shape index (κ2) is 14.6. The summed E-state index contributed by atoms with van der Waals surface area (Å²) in [5.41, 5.74) is -5.69. The van der Waals surface area contributed by atoms with Gasteiger partial charge in [-0.05, 0) is 47.5 Å². The summed E-state index contributed by atoms with van der Waals surface area (Å²) in [5, 5.41) is 0. The van der Waals surface area contributed by atoms with Crippen molar-refractivity contribution < 1.29 is 45.4 Å². The van der Waals surface area contributed by atoms with E-state index in [1.54, 1.807) is 0 Å². The number of alkyl halides is 6. The minimum Gasteiger partial charge on any atom is -0.468 e. The van der Waals surface area contributed by atoms with E-state index in [2.05, 4.69) is 4.74 Å². The Kier molecular flexibility index (Phi) is 20.4. The molecule has 0 aliphatic rings. The number of carbonyl (C=O) groups is 2. The first kappa shape index (κ1) is 43.4. The Morgan fingerprint density at radius 3 is 1.03 bits per heavy atom. The molecule has 0 bridgehead atoms. The van der Waals surface area contributed by atoms with Crippen LogP contribution in [0.4, 0.5) is 26.3 Å². The third-order valence-corrected chi connectivity index (χ3v) is 4.15. The monoisotopic (exact) mass is 474 g/mol. The molecule has 0 aromatic rings. The Labute approximate surface area is 185 Å². The van der Waals surface area contributed by atoms with Crippen LogP contribution in [0.1, 0.15) is 91.0 Å². The molecular formula is C21H44F6O4. The van der Waals surface area contributed by atoms with E-state index < -0.39 is 40.7 Å². The van der Waals surface area contributed by atoms with Crippen LogP contribution in [0, 0.1) is 10.8 Å². The van der Waals surface area contributed by atoms with Crippen LogP contribution in [-0.4, -0.2) is 37.0 Å². The van der Waals surface area contributed by atoms with Gasteiger partial charge in [-0.3, -0.25) is 9.59 Å². The third-order valence-electron chi connectivity index (χ3n) is 4.15. The highest BCUT2D eigenvalue weighted by Crippen LogP contribution is 2.43. The van der Waals surface area contributed by atoms with Crippen LogP contribution in [0.2, 0.25) is 0 Å². The number of ether oxygens (including phenoxy) is 2. The lowest BCUT2D eigenvalue weighted by atomic mass is 9.86. The zero-order chi connectivity index (χ0) is 22.5. The molecule has 0 saturated heterocycles. The van der Waals surface area contributed by atoms with Crippen LogP contribution in [0.15, 0.2) is 0 Å². The molecule has 0 heterocycles. The minimum absolute atomic E-state index is 0. The second-order valence-electron chi connectivity index (χ2n) is 7.36. The average molecular weight is 475 g/mol. The molecule has 194 valence electrons. The van der Waals surface area contributed by atoms with E-state index in [-0.39, 0.29) is 42.5 Å². The summed E-state index contributed by atoms with van der Waals surface area (Å²) < 4.78 is 83.4. The Balaban J connectivity index is -0.0000000909. The zero-order valence-corrected chi connectivity index (χ0v) is 16.8. The van der Waals surface area contributed by atoms with Gasteiger partial charge in [0.15, 0.2) is 10.8 Å². The number of rotatable bonds is 4. The second-order valence-corrected chi connectivity index (χ2v) is 7.36. The number of esters is 2. The van der Waals surface area contributed by atoms with Crippen LogP contribution in [0.3, 0.4) is 0 Å². The molecular weight excluding hydrogens is 430 g/mol. The quantitative estimate of drug-likeness (QED) is 0.306. The van der Waals surface area contributed by atoms with Crippen molar-refractivity contribution in [1.29, 1.82) is 0 Å². The van der Waals surface area contributed by atoms with Gasteiger partial charge in [-0.2, -0.15) is 26.3 Å². The van der Waals surface area contributed by atoms with Gasteiger partial charge in [0.1, 0.15) is 5.60 Å². The van der Waals surface area contributed by atoms with Crippen molar-refractivity contribution in [3.63, 3.8) is 0 Å². The summed E-state index contributed by atoms with van der Waals surface area (Å²) >= 11 is 0.